The molecule has 0 spiro atoms. The molecule has 0 amide bonds. The molecule has 1 aromatic carbocycles. The van der Waals surface area contributed by atoms with Crippen molar-refractivity contribution in [2.45, 2.75) is 26.1 Å². The maximum Gasteiger partial charge on any atom is 0.129 e. The second-order valence-electron chi connectivity index (χ2n) is 5.43. The zero-order valence-electron chi connectivity index (χ0n) is 13.0. The minimum Gasteiger partial charge on any atom is -0.497 e. The lowest BCUT2D eigenvalue weighted by Crippen LogP contribution is -2.20. The van der Waals surface area contributed by atoms with Crippen LogP contribution in [0.25, 0.3) is 0 Å². The van der Waals surface area contributed by atoms with Gasteiger partial charge in [0.05, 0.1) is 19.9 Å². The van der Waals surface area contributed by atoms with E-state index >= 15 is 0 Å². The van der Waals surface area contributed by atoms with Gasteiger partial charge in [-0.15, -0.1) is 0 Å². The highest BCUT2D eigenvalue weighted by atomic mass is 35.5. The molecular weight excluding hydrogens is 300 g/mol. The van der Waals surface area contributed by atoms with Gasteiger partial charge >= 0.3 is 0 Å². The maximum atomic E-state index is 6.00. The Bertz CT molecular complexity index is 690. The van der Waals surface area contributed by atoms with Gasteiger partial charge in [0.2, 0.25) is 0 Å². The van der Waals surface area contributed by atoms with Crippen molar-refractivity contribution >= 4 is 11.6 Å². The Morgan fingerprint density at radius 1 is 1.23 bits per heavy atom. The van der Waals surface area contributed by atoms with E-state index in [4.69, 9.17) is 21.1 Å². The summed E-state index contributed by atoms with van der Waals surface area (Å²) < 4.78 is 10.7. The van der Waals surface area contributed by atoms with E-state index in [0.29, 0.717) is 11.2 Å². The Balaban J connectivity index is 1.83. The largest absolute Gasteiger partial charge is 0.497 e. The number of methoxy groups -OCH3 is 2. The Kier molecular flexibility index (Phi) is 4.23. The predicted molar refractivity (Wildman–Crippen MR) is 86.5 cm³/mol. The molecule has 5 heteroatoms. The zero-order valence-corrected chi connectivity index (χ0v) is 13.7. The molecule has 22 heavy (non-hydrogen) atoms. The van der Waals surface area contributed by atoms with Gasteiger partial charge in [-0.25, -0.2) is 4.98 Å². The van der Waals surface area contributed by atoms with Crippen molar-refractivity contribution in [1.82, 2.24) is 9.88 Å². The summed E-state index contributed by atoms with van der Waals surface area (Å²) in [5.41, 5.74) is 3.44. The highest BCUT2D eigenvalue weighted by Crippen LogP contribution is 2.36. The van der Waals surface area contributed by atoms with E-state index in [1.54, 1.807) is 14.2 Å². The highest BCUT2D eigenvalue weighted by molar-refractivity contribution is 6.29. The molecule has 116 valence electrons. The van der Waals surface area contributed by atoms with Crippen LogP contribution in [0.15, 0.2) is 30.3 Å². The van der Waals surface area contributed by atoms with E-state index in [1.165, 1.54) is 5.56 Å². The fourth-order valence-electron chi connectivity index (χ4n) is 2.91. The van der Waals surface area contributed by atoms with Crippen LogP contribution in [0.1, 0.15) is 29.8 Å². The first kappa shape index (κ1) is 15.1. The van der Waals surface area contributed by atoms with Gasteiger partial charge in [0.15, 0.2) is 0 Å². The third-order valence-corrected chi connectivity index (χ3v) is 4.40. The molecule has 2 aromatic rings. The van der Waals surface area contributed by atoms with Gasteiger partial charge in [-0.05, 0) is 24.6 Å². The van der Waals surface area contributed by atoms with Crippen molar-refractivity contribution in [2.24, 2.45) is 0 Å². The second kappa shape index (κ2) is 6.15. The molecule has 0 bridgehead atoms. The Morgan fingerprint density at radius 3 is 2.77 bits per heavy atom. The molecule has 0 saturated carbocycles. The monoisotopic (exact) mass is 318 g/mol. The lowest BCUT2D eigenvalue weighted by atomic mass is 10.1. The highest BCUT2D eigenvalue weighted by Gasteiger charge is 2.28. The van der Waals surface area contributed by atoms with Crippen LogP contribution in [0.5, 0.6) is 11.5 Å². The first-order valence-corrected chi connectivity index (χ1v) is 7.60. The number of benzene rings is 1. The molecule has 0 radical (unpaired) electrons. The van der Waals surface area contributed by atoms with Crippen molar-refractivity contribution < 1.29 is 9.47 Å². The number of rotatable bonds is 4. The van der Waals surface area contributed by atoms with Crippen molar-refractivity contribution in [3.05, 3.63) is 52.3 Å². The van der Waals surface area contributed by atoms with E-state index < -0.39 is 0 Å². The summed E-state index contributed by atoms with van der Waals surface area (Å²) >= 11 is 6.00. The van der Waals surface area contributed by atoms with Gasteiger partial charge < -0.3 is 9.47 Å². The van der Waals surface area contributed by atoms with Crippen LogP contribution in [0.2, 0.25) is 5.15 Å². The van der Waals surface area contributed by atoms with Crippen molar-refractivity contribution in [2.75, 3.05) is 14.2 Å². The Morgan fingerprint density at radius 2 is 2.05 bits per heavy atom. The lowest BCUT2D eigenvalue weighted by molar-refractivity contribution is 0.216. The summed E-state index contributed by atoms with van der Waals surface area (Å²) in [4.78, 5) is 6.80. The summed E-state index contributed by atoms with van der Waals surface area (Å²) in [6, 6.07) is 10.2. The first-order valence-electron chi connectivity index (χ1n) is 7.22. The van der Waals surface area contributed by atoms with Crippen LogP contribution in [0.4, 0.5) is 0 Å². The molecule has 0 saturated heterocycles. The SMILES string of the molecule is COc1ccc(CN2Cc3nc(Cl)ccc3C2C)c(OC)c1. The standard InChI is InChI=1S/C17H19ClN2O2/c1-11-14-6-7-17(18)19-15(14)10-20(11)9-12-4-5-13(21-2)8-16(12)22-3/h4-8,11H,9-10H2,1-3H3. The van der Waals surface area contributed by atoms with Crippen LogP contribution >= 0.6 is 11.6 Å². The summed E-state index contributed by atoms with van der Waals surface area (Å²) in [5, 5.41) is 0.551. The predicted octanol–water partition coefficient (Wildman–Crippen LogP) is 3.83. The molecule has 1 aliphatic heterocycles. The van der Waals surface area contributed by atoms with Gasteiger partial charge in [0, 0.05) is 30.8 Å². The number of hydrogen-bond acceptors (Lipinski definition) is 4. The van der Waals surface area contributed by atoms with Crippen LogP contribution in [-0.4, -0.2) is 24.1 Å². The normalized spacial score (nSPS) is 17.4. The van der Waals surface area contributed by atoms with Crippen molar-refractivity contribution in [3.8, 4) is 11.5 Å². The molecule has 0 aliphatic carbocycles. The molecule has 1 atom stereocenters. The Hall–Kier alpha value is -1.78. The number of aromatic nitrogens is 1. The minimum atomic E-state index is 0.312. The van der Waals surface area contributed by atoms with E-state index in [-0.39, 0.29) is 0 Å². The molecule has 0 fully saturated rings. The van der Waals surface area contributed by atoms with Crippen LogP contribution in [-0.2, 0) is 13.1 Å². The first-order chi connectivity index (χ1) is 10.6. The Labute approximate surface area is 135 Å². The fourth-order valence-corrected chi connectivity index (χ4v) is 3.08. The third kappa shape index (κ3) is 2.76. The average Bonchev–Trinajstić information content (AvgIpc) is 2.83. The number of pyridine rings is 1. The van der Waals surface area contributed by atoms with Crippen molar-refractivity contribution in [1.29, 1.82) is 0 Å². The molecule has 1 aromatic heterocycles. The van der Waals surface area contributed by atoms with E-state index in [2.05, 4.69) is 22.9 Å². The summed E-state index contributed by atoms with van der Waals surface area (Å²) in [5.74, 6) is 1.64. The van der Waals surface area contributed by atoms with Crippen LogP contribution in [0, 0.1) is 0 Å². The smallest absolute Gasteiger partial charge is 0.129 e. The fraction of sp³-hybridized carbons (Fsp3) is 0.353. The van der Waals surface area contributed by atoms with Gasteiger partial charge in [0.25, 0.3) is 0 Å². The van der Waals surface area contributed by atoms with Gasteiger partial charge in [-0.2, -0.15) is 0 Å². The zero-order chi connectivity index (χ0) is 15.7. The maximum absolute atomic E-state index is 6.00. The second-order valence-corrected chi connectivity index (χ2v) is 5.82. The quantitative estimate of drug-likeness (QED) is 0.802. The van der Waals surface area contributed by atoms with E-state index in [0.717, 1.165) is 35.8 Å². The number of halogens is 1. The topological polar surface area (TPSA) is 34.6 Å². The number of hydrogen-bond donors (Lipinski definition) is 0. The van der Waals surface area contributed by atoms with Crippen LogP contribution < -0.4 is 9.47 Å². The third-order valence-electron chi connectivity index (χ3n) is 4.19. The molecule has 1 unspecified atom stereocenters. The minimum absolute atomic E-state index is 0.312. The average molecular weight is 319 g/mol. The van der Waals surface area contributed by atoms with Crippen LogP contribution in [0.3, 0.4) is 0 Å². The van der Waals surface area contributed by atoms with Gasteiger partial charge in [-0.1, -0.05) is 23.7 Å². The number of fused-ring (bicyclic) bond motifs is 1. The van der Waals surface area contributed by atoms with E-state index in [9.17, 15) is 0 Å². The number of ether oxygens (including phenoxy) is 2. The summed E-state index contributed by atoms with van der Waals surface area (Å²) in [6.07, 6.45) is 0. The molecule has 1 aliphatic rings. The summed E-state index contributed by atoms with van der Waals surface area (Å²) in [6.45, 7) is 3.78. The molecule has 4 nitrogen and oxygen atoms in total. The van der Waals surface area contributed by atoms with Gasteiger partial charge in [-0.3, -0.25) is 4.90 Å². The lowest BCUT2D eigenvalue weighted by Gasteiger charge is -2.22. The molecule has 3 rings (SSSR count). The summed E-state index contributed by atoms with van der Waals surface area (Å²) in [7, 11) is 3.34. The van der Waals surface area contributed by atoms with Crippen molar-refractivity contribution in [3.63, 3.8) is 0 Å². The number of nitrogens with zero attached hydrogens (tertiary/aromatic N) is 2. The molecule has 0 N–H and O–H groups in total. The van der Waals surface area contributed by atoms with E-state index in [1.807, 2.05) is 24.3 Å². The molecular formula is C17H19ClN2O2. The molecule has 2 heterocycles. The van der Waals surface area contributed by atoms with Gasteiger partial charge in [0.1, 0.15) is 16.7 Å².